The van der Waals surface area contributed by atoms with E-state index < -0.39 is 23.3 Å². The Morgan fingerprint density at radius 1 is 1.21 bits per heavy atom. The van der Waals surface area contributed by atoms with Gasteiger partial charge in [-0.15, -0.1) is 12.4 Å². The van der Waals surface area contributed by atoms with Crippen LogP contribution in [0.25, 0.3) is 5.69 Å². The minimum Gasteiger partial charge on any atom is -0.339 e. The highest BCUT2D eigenvalue weighted by Crippen LogP contribution is 2.34. The quantitative estimate of drug-likeness (QED) is 0.827. The molecule has 1 fully saturated rings. The number of hydrogen-bond acceptors (Lipinski definition) is 3. The van der Waals surface area contributed by atoms with Gasteiger partial charge in [0.15, 0.2) is 5.69 Å². The Kier molecular flexibility index (Phi) is 7.11. The van der Waals surface area contributed by atoms with E-state index in [2.05, 4.69) is 10.4 Å². The van der Waals surface area contributed by atoms with Crippen molar-refractivity contribution in [2.24, 2.45) is 5.92 Å². The van der Waals surface area contributed by atoms with E-state index in [-0.39, 0.29) is 18.1 Å². The zero-order valence-corrected chi connectivity index (χ0v) is 16.6. The van der Waals surface area contributed by atoms with Gasteiger partial charge < -0.3 is 10.2 Å². The van der Waals surface area contributed by atoms with E-state index in [0.29, 0.717) is 19.0 Å². The van der Waals surface area contributed by atoms with Crippen LogP contribution >= 0.6 is 12.4 Å². The summed E-state index contributed by atoms with van der Waals surface area (Å²) in [5.74, 6) is -0.167. The topological polar surface area (TPSA) is 50.2 Å². The number of piperidine rings is 1. The summed E-state index contributed by atoms with van der Waals surface area (Å²) >= 11 is 0. The van der Waals surface area contributed by atoms with Crippen LogP contribution in [0.15, 0.2) is 30.5 Å². The standard InChI is InChI=1S/C19H23F3N4O.ClH/c1-13-3-5-15(6-4-13)26-17(19(20,21)22)16(12-24-26)18(27)25-9-7-14(8-10-25)11-23-2;/h3-6,12,14,23H,7-11H2,1-2H3;1H. The Hall–Kier alpha value is -2.06. The van der Waals surface area contributed by atoms with Crippen molar-refractivity contribution in [1.82, 2.24) is 20.0 Å². The average molecular weight is 417 g/mol. The van der Waals surface area contributed by atoms with E-state index in [1.807, 2.05) is 14.0 Å². The van der Waals surface area contributed by atoms with E-state index in [1.54, 1.807) is 24.3 Å². The van der Waals surface area contributed by atoms with Crippen LogP contribution in [0.1, 0.15) is 34.5 Å². The molecular weight excluding hydrogens is 393 g/mol. The van der Waals surface area contributed by atoms with Crippen molar-refractivity contribution in [3.63, 3.8) is 0 Å². The molecule has 0 atom stereocenters. The Bertz CT molecular complexity index is 797. The molecule has 9 heteroatoms. The molecule has 28 heavy (non-hydrogen) atoms. The molecule has 1 saturated heterocycles. The molecule has 5 nitrogen and oxygen atoms in total. The summed E-state index contributed by atoms with van der Waals surface area (Å²) in [4.78, 5) is 14.3. The highest BCUT2D eigenvalue weighted by Gasteiger charge is 2.41. The summed E-state index contributed by atoms with van der Waals surface area (Å²) in [5, 5.41) is 6.98. The molecule has 1 aliphatic rings. The molecule has 154 valence electrons. The van der Waals surface area contributed by atoms with Gasteiger partial charge in [0.2, 0.25) is 0 Å². The molecule has 0 radical (unpaired) electrons. The summed E-state index contributed by atoms with van der Waals surface area (Å²) in [7, 11) is 1.87. The van der Waals surface area contributed by atoms with Gasteiger partial charge in [-0.25, -0.2) is 4.68 Å². The SMILES string of the molecule is CNCC1CCN(C(=O)c2cnn(-c3ccc(C)cc3)c2C(F)(F)F)CC1.Cl. The molecule has 1 aliphatic heterocycles. The van der Waals surface area contributed by atoms with Gasteiger partial charge in [-0.1, -0.05) is 17.7 Å². The van der Waals surface area contributed by atoms with Gasteiger partial charge in [-0.2, -0.15) is 18.3 Å². The van der Waals surface area contributed by atoms with E-state index in [4.69, 9.17) is 0 Å². The summed E-state index contributed by atoms with van der Waals surface area (Å²) in [6.45, 7) is 3.61. The lowest BCUT2D eigenvalue weighted by Gasteiger charge is -2.32. The second-order valence-corrected chi connectivity index (χ2v) is 6.95. The number of carbonyl (C=O) groups excluding carboxylic acids is 1. The zero-order chi connectivity index (χ0) is 19.6. The summed E-state index contributed by atoms with van der Waals surface area (Å²) < 4.78 is 42.1. The predicted octanol–water partition coefficient (Wildman–Crippen LogP) is 3.69. The maximum absolute atomic E-state index is 13.8. The fourth-order valence-corrected chi connectivity index (χ4v) is 3.46. The number of aromatic nitrogens is 2. The first kappa shape index (κ1) is 22.2. The van der Waals surface area contributed by atoms with Crippen LogP contribution in [0.3, 0.4) is 0 Å². The second kappa shape index (κ2) is 8.96. The molecule has 2 aromatic rings. The van der Waals surface area contributed by atoms with Crippen molar-refractivity contribution in [1.29, 1.82) is 0 Å². The van der Waals surface area contributed by atoms with Gasteiger partial charge in [0.25, 0.3) is 5.91 Å². The summed E-state index contributed by atoms with van der Waals surface area (Å²) in [5.41, 5.74) is -0.205. The van der Waals surface area contributed by atoms with Gasteiger partial charge >= 0.3 is 6.18 Å². The van der Waals surface area contributed by atoms with Gasteiger partial charge in [0, 0.05) is 13.1 Å². The molecule has 1 amide bonds. The van der Waals surface area contributed by atoms with E-state index in [1.165, 1.54) is 4.90 Å². The number of nitrogens with one attached hydrogen (secondary N) is 1. The molecule has 1 N–H and O–H groups in total. The number of likely N-dealkylation sites (tertiary alicyclic amines) is 1. The fraction of sp³-hybridized carbons (Fsp3) is 0.474. The molecular formula is C19H24ClF3N4O. The first-order chi connectivity index (χ1) is 12.8. The third-order valence-electron chi connectivity index (χ3n) is 4.94. The lowest BCUT2D eigenvalue weighted by molar-refractivity contribution is -0.143. The number of carbonyl (C=O) groups is 1. The van der Waals surface area contributed by atoms with Crippen molar-refractivity contribution in [3.05, 3.63) is 47.3 Å². The number of aryl methyl sites for hydroxylation is 1. The van der Waals surface area contributed by atoms with Crippen LogP contribution in [0.4, 0.5) is 13.2 Å². The largest absolute Gasteiger partial charge is 0.434 e. The molecule has 2 heterocycles. The van der Waals surface area contributed by atoms with Gasteiger partial charge in [-0.05, 0) is 51.4 Å². The van der Waals surface area contributed by atoms with Gasteiger partial charge in [-0.3, -0.25) is 4.79 Å². The molecule has 0 saturated carbocycles. The number of amides is 1. The van der Waals surface area contributed by atoms with Crippen molar-refractivity contribution in [2.75, 3.05) is 26.7 Å². The molecule has 3 rings (SSSR count). The first-order valence-electron chi connectivity index (χ1n) is 8.97. The first-order valence-corrected chi connectivity index (χ1v) is 8.97. The van der Waals surface area contributed by atoms with E-state index in [9.17, 15) is 18.0 Å². The fourth-order valence-electron chi connectivity index (χ4n) is 3.46. The monoisotopic (exact) mass is 416 g/mol. The van der Waals surface area contributed by atoms with Crippen LogP contribution in [0.2, 0.25) is 0 Å². The minimum atomic E-state index is -4.68. The number of alkyl halides is 3. The Morgan fingerprint density at radius 2 is 1.82 bits per heavy atom. The van der Waals surface area contributed by atoms with Crippen molar-refractivity contribution in [3.8, 4) is 5.69 Å². The molecule has 0 unspecified atom stereocenters. The molecule has 1 aromatic heterocycles. The molecule has 1 aromatic carbocycles. The van der Waals surface area contributed by atoms with Crippen molar-refractivity contribution < 1.29 is 18.0 Å². The third kappa shape index (κ3) is 4.67. The second-order valence-electron chi connectivity index (χ2n) is 6.95. The average Bonchev–Trinajstić information content (AvgIpc) is 3.08. The minimum absolute atomic E-state index is 0. The lowest BCUT2D eigenvalue weighted by Crippen LogP contribution is -2.41. The number of rotatable bonds is 4. The summed E-state index contributed by atoms with van der Waals surface area (Å²) in [6.07, 6.45) is -2.10. The molecule has 0 bridgehead atoms. The van der Waals surface area contributed by atoms with Crippen molar-refractivity contribution in [2.45, 2.75) is 25.9 Å². The highest BCUT2D eigenvalue weighted by molar-refractivity contribution is 5.95. The maximum atomic E-state index is 13.8. The Balaban J connectivity index is 0.00000280. The van der Waals surface area contributed by atoms with Crippen LogP contribution in [0, 0.1) is 12.8 Å². The van der Waals surface area contributed by atoms with Gasteiger partial charge in [0.1, 0.15) is 0 Å². The molecule has 0 spiro atoms. The highest BCUT2D eigenvalue weighted by atomic mass is 35.5. The third-order valence-corrected chi connectivity index (χ3v) is 4.94. The van der Waals surface area contributed by atoms with Crippen molar-refractivity contribution >= 4 is 18.3 Å². The van der Waals surface area contributed by atoms with E-state index >= 15 is 0 Å². The normalized spacial score (nSPS) is 15.4. The van der Waals surface area contributed by atoms with Crippen LogP contribution in [-0.4, -0.2) is 47.3 Å². The molecule has 0 aliphatic carbocycles. The predicted molar refractivity (Wildman–Crippen MR) is 103 cm³/mol. The summed E-state index contributed by atoms with van der Waals surface area (Å²) in [6, 6.07) is 6.56. The van der Waals surface area contributed by atoms with E-state index in [0.717, 1.165) is 35.8 Å². The Morgan fingerprint density at radius 3 is 2.36 bits per heavy atom. The Labute approximate surface area is 168 Å². The number of benzene rings is 1. The smallest absolute Gasteiger partial charge is 0.339 e. The van der Waals surface area contributed by atoms with Gasteiger partial charge in [0.05, 0.1) is 17.4 Å². The number of halogens is 4. The number of nitrogens with zero attached hydrogens (tertiary/aromatic N) is 3. The van der Waals surface area contributed by atoms with Crippen LogP contribution in [-0.2, 0) is 6.18 Å². The number of hydrogen-bond donors (Lipinski definition) is 1. The van der Waals surface area contributed by atoms with Crippen LogP contribution in [0.5, 0.6) is 0 Å². The lowest BCUT2D eigenvalue weighted by atomic mass is 9.96. The maximum Gasteiger partial charge on any atom is 0.434 e. The zero-order valence-electron chi connectivity index (χ0n) is 15.8. The van der Waals surface area contributed by atoms with Crippen LogP contribution < -0.4 is 5.32 Å².